The second kappa shape index (κ2) is 3.83. The predicted molar refractivity (Wildman–Crippen MR) is 65.3 cm³/mol. The van der Waals surface area contributed by atoms with Gasteiger partial charge in [-0.25, -0.2) is 0 Å². The van der Waals surface area contributed by atoms with Crippen LogP contribution in [0.15, 0.2) is 30.5 Å². The molecule has 0 amide bonds. The van der Waals surface area contributed by atoms with Crippen LogP contribution in [0, 0.1) is 5.92 Å². The maximum absolute atomic E-state index is 5.94. The average Bonchev–Trinajstić information content (AvgIpc) is 2.90. The Morgan fingerprint density at radius 2 is 2.31 bits per heavy atom. The molecule has 0 saturated carbocycles. The smallest absolute Gasteiger partial charge is 0.0512 e. The van der Waals surface area contributed by atoms with Crippen LogP contribution in [0.25, 0.3) is 10.9 Å². The van der Waals surface area contributed by atoms with Gasteiger partial charge in [0.05, 0.1) is 12.1 Å². The Morgan fingerprint density at radius 1 is 1.38 bits per heavy atom. The van der Waals surface area contributed by atoms with Crippen LogP contribution < -0.4 is 5.73 Å². The number of benzene rings is 1. The topological polar surface area (TPSA) is 40.2 Å². The van der Waals surface area contributed by atoms with Crippen molar-refractivity contribution in [3.05, 3.63) is 30.5 Å². The van der Waals surface area contributed by atoms with Crippen LogP contribution in [0.2, 0.25) is 0 Å². The summed E-state index contributed by atoms with van der Waals surface area (Å²) in [7, 11) is 0. The van der Waals surface area contributed by atoms with Crippen molar-refractivity contribution in [1.29, 1.82) is 0 Å². The molecule has 2 aromatic rings. The highest BCUT2D eigenvalue weighted by atomic mass is 16.5. The SMILES string of the molecule is Nc1cccc2c1ccn2CC1CCOC1. The number of ether oxygens (including phenoxy) is 1. The van der Waals surface area contributed by atoms with Gasteiger partial charge in [-0.05, 0) is 24.6 Å². The van der Waals surface area contributed by atoms with E-state index in [1.54, 1.807) is 0 Å². The van der Waals surface area contributed by atoms with Gasteiger partial charge >= 0.3 is 0 Å². The van der Waals surface area contributed by atoms with Gasteiger partial charge in [0.15, 0.2) is 0 Å². The molecule has 0 radical (unpaired) electrons. The standard InChI is InChI=1S/C13H16N2O/c14-12-2-1-3-13-11(12)4-6-15(13)8-10-5-7-16-9-10/h1-4,6,10H,5,7-9,14H2. The molecule has 1 aromatic heterocycles. The number of nitrogen functional groups attached to an aromatic ring is 1. The van der Waals surface area contributed by atoms with Gasteiger partial charge < -0.3 is 15.0 Å². The third-order valence-electron chi connectivity index (χ3n) is 3.33. The minimum absolute atomic E-state index is 0.650. The van der Waals surface area contributed by atoms with Crippen LogP contribution in [-0.4, -0.2) is 17.8 Å². The van der Waals surface area contributed by atoms with Gasteiger partial charge in [-0.1, -0.05) is 6.07 Å². The average molecular weight is 216 g/mol. The van der Waals surface area contributed by atoms with Gasteiger partial charge in [-0.3, -0.25) is 0 Å². The van der Waals surface area contributed by atoms with Crippen molar-refractivity contribution in [3.8, 4) is 0 Å². The Bertz CT molecular complexity index is 498. The molecule has 0 aliphatic carbocycles. The second-order valence-corrected chi connectivity index (χ2v) is 4.48. The highest BCUT2D eigenvalue weighted by molar-refractivity contribution is 5.91. The van der Waals surface area contributed by atoms with Crippen molar-refractivity contribution in [1.82, 2.24) is 4.57 Å². The van der Waals surface area contributed by atoms with E-state index in [4.69, 9.17) is 10.5 Å². The van der Waals surface area contributed by atoms with E-state index in [2.05, 4.69) is 22.9 Å². The highest BCUT2D eigenvalue weighted by Gasteiger charge is 2.16. The molecule has 1 fully saturated rings. The molecule has 3 rings (SSSR count). The molecule has 1 unspecified atom stereocenters. The Morgan fingerprint density at radius 3 is 3.12 bits per heavy atom. The molecular formula is C13H16N2O. The summed E-state index contributed by atoms with van der Waals surface area (Å²) in [6, 6.07) is 8.19. The number of hydrogen-bond donors (Lipinski definition) is 1. The van der Waals surface area contributed by atoms with E-state index in [9.17, 15) is 0 Å². The molecule has 3 nitrogen and oxygen atoms in total. The lowest BCUT2D eigenvalue weighted by Crippen LogP contribution is -2.09. The van der Waals surface area contributed by atoms with Crippen LogP contribution >= 0.6 is 0 Å². The zero-order valence-electron chi connectivity index (χ0n) is 9.23. The largest absolute Gasteiger partial charge is 0.398 e. The fraction of sp³-hybridized carbons (Fsp3) is 0.385. The summed E-state index contributed by atoms with van der Waals surface area (Å²) in [6.07, 6.45) is 3.29. The number of nitrogens with zero attached hydrogens (tertiary/aromatic N) is 1. The summed E-state index contributed by atoms with van der Waals surface area (Å²) < 4.78 is 7.69. The van der Waals surface area contributed by atoms with Gasteiger partial charge in [0.1, 0.15) is 0 Å². The molecule has 0 spiro atoms. The first-order chi connectivity index (χ1) is 7.84. The van der Waals surface area contributed by atoms with E-state index in [1.165, 1.54) is 11.9 Å². The predicted octanol–water partition coefficient (Wildman–Crippen LogP) is 2.26. The van der Waals surface area contributed by atoms with Crippen LogP contribution in [0.4, 0.5) is 5.69 Å². The number of hydrogen-bond acceptors (Lipinski definition) is 2. The first kappa shape index (κ1) is 9.73. The van der Waals surface area contributed by atoms with Crippen LogP contribution in [-0.2, 0) is 11.3 Å². The Hall–Kier alpha value is -1.48. The molecule has 2 heterocycles. The van der Waals surface area contributed by atoms with E-state index in [0.29, 0.717) is 5.92 Å². The van der Waals surface area contributed by atoms with Gasteiger partial charge in [-0.2, -0.15) is 0 Å². The molecule has 1 atom stereocenters. The van der Waals surface area contributed by atoms with Gasteiger partial charge in [0, 0.05) is 36.3 Å². The summed E-state index contributed by atoms with van der Waals surface area (Å²) in [5.74, 6) is 0.650. The van der Waals surface area contributed by atoms with Crippen molar-refractivity contribution in [3.63, 3.8) is 0 Å². The number of nitrogens with two attached hydrogens (primary N) is 1. The first-order valence-electron chi connectivity index (χ1n) is 5.75. The zero-order valence-corrected chi connectivity index (χ0v) is 9.23. The van der Waals surface area contributed by atoms with Crippen molar-refractivity contribution >= 4 is 16.6 Å². The first-order valence-corrected chi connectivity index (χ1v) is 5.75. The van der Waals surface area contributed by atoms with Crippen molar-refractivity contribution < 1.29 is 4.74 Å². The number of aromatic nitrogens is 1. The van der Waals surface area contributed by atoms with Gasteiger partial charge in [0.2, 0.25) is 0 Å². The van der Waals surface area contributed by atoms with E-state index >= 15 is 0 Å². The van der Waals surface area contributed by atoms with Crippen molar-refractivity contribution in [2.45, 2.75) is 13.0 Å². The number of anilines is 1. The van der Waals surface area contributed by atoms with Crippen LogP contribution in [0.5, 0.6) is 0 Å². The Labute approximate surface area is 94.8 Å². The normalized spacial score (nSPS) is 20.6. The molecule has 3 heteroatoms. The van der Waals surface area contributed by atoms with Gasteiger partial charge in [0.25, 0.3) is 0 Å². The lowest BCUT2D eigenvalue weighted by atomic mass is 10.1. The Kier molecular flexibility index (Phi) is 2.33. The van der Waals surface area contributed by atoms with E-state index in [1.807, 2.05) is 12.1 Å². The van der Waals surface area contributed by atoms with Crippen LogP contribution in [0.3, 0.4) is 0 Å². The number of rotatable bonds is 2. The van der Waals surface area contributed by atoms with Crippen molar-refractivity contribution in [2.75, 3.05) is 18.9 Å². The minimum atomic E-state index is 0.650. The molecule has 2 N–H and O–H groups in total. The lowest BCUT2D eigenvalue weighted by molar-refractivity contribution is 0.183. The summed E-state index contributed by atoms with van der Waals surface area (Å²) in [5, 5.41) is 1.15. The minimum Gasteiger partial charge on any atom is -0.398 e. The lowest BCUT2D eigenvalue weighted by Gasteiger charge is -2.10. The second-order valence-electron chi connectivity index (χ2n) is 4.48. The molecule has 1 aliphatic rings. The van der Waals surface area contributed by atoms with Crippen LogP contribution in [0.1, 0.15) is 6.42 Å². The van der Waals surface area contributed by atoms with Crippen molar-refractivity contribution in [2.24, 2.45) is 5.92 Å². The fourth-order valence-corrected chi connectivity index (χ4v) is 2.41. The molecule has 1 aliphatic heterocycles. The van der Waals surface area contributed by atoms with E-state index < -0.39 is 0 Å². The summed E-state index contributed by atoms with van der Waals surface area (Å²) in [4.78, 5) is 0. The third-order valence-corrected chi connectivity index (χ3v) is 3.33. The molecular weight excluding hydrogens is 200 g/mol. The summed E-state index contributed by atoms with van der Waals surface area (Å²) in [5.41, 5.74) is 8.03. The maximum atomic E-state index is 5.94. The quantitative estimate of drug-likeness (QED) is 0.782. The maximum Gasteiger partial charge on any atom is 0.0512 e. The Balaban J connectivity index is 1.94. The molecule has 1 saturated heterocycles. The number of fused-ring (bicyclic) bond motifs is 1. The van der Waals surface area contributed by atoms with E-state index in [0.717, 1.165) is 30.8 Å². The fourth-order valence-electron chi connectivity index (χ4n) is 2.41. The monoisotopic (exact) mass is 216 g/mol. The van der Waals surface area contributed by atoms with Gasteiger partial charge in [-0.15, -0.1) is 0 Å². The highest BCUT2D eigenvalue weighted by Crippen LogP contribution is 2.24. The summed E-state index contributed by atoms with van der Waals surface area (Å²) in [6.45, 7) is 2.83. The zero-order chi connectivity index (χ0) is 11.0. The third kappa shape index (κ3) is 1.57. The molecule has 1 aromatic carbocycles. The molecule has 16 heavy (non-hydrogen) atoms. The molecule has 0 bridgehead atoms. The van der Waals surface area contributed by atoms with E-state index in [-0.39, 0.29) is 0 Å². The molecule has 84 valence electrons. The summed E-state index contributed by atoms with van der Waals surface area (Å²) >= 11 is 0.